The SMILES string of the molecule is CCC(NC(=O)CC(C)C)C1c2cc(OC)c(OC)cc2CCN1Cc1cccc(C)c1. The quantitative estimate of drug-likeness (QED) is 0.595. The van der Waals surface area contributed by atoms with Crippen molar-refractivity contribution in [1.29, 1.82) is 0 Å². The van der Waals surface area contributed by atoms with Crippen LogP contribution in [0.15, 0.2) is 36.4 Å². The Morgan fingerprint density at radius 1 is 1.16 bits per heavy atom. The number of hydrogen-bond donors (Lipinski definition) is 1. The number of amides is 1. The Labute approximate surface area is 193 Å². The third-order valence-corrected chi connectivity index (χ3v) is 6.25. The van der Waals surface area contributed by atoms with Gasteiger partial charge in [-0.2, -0.15) is 0 Å². The summed E-state index contributed by atoms with van der Waals surface area (Å²) in [6, 6.07) is 13.0. The first-order valence-electron chi connectivity index (χ1n) is 11.7. The van der Waals surface area contributed by atoms with Gasteiger partial charge in [-0.1, -0.05) is 50.6 Å². The first kappa shape index (κ1) is 24.1. The summed E-state index contributed by atoms with van der Waals surface area (Å²) < 4.78 is 11.2. The van der Waals surface area contributed by atoms with Crippen LogP contribution in [0.25, 0.3) is 0 Å². The molecule has 5 heteroatoms. The van der Waals surface area contributed by atoms with Crippen molar-refractivity contribution in [2.75, 3.05) is 20.8 Å². The van der Waals surface area contributed by atoms with E-state index in [1.165, 1.54) is 22.3 Å². The highest BCUT2D eigenvalue weighted by molar-refractivity contribution is 5.76. The van der Waals surface area contributed by atoms with Crippen molar-refractivity contribution >= 4 is 5.91 Å². The van der Waals surface area contributed by atoms with E-state index >= 15 is 0 Å². The summed E-state index contributed by atoms with van der Waals surface area (Å²) in [5.74, 6) is 1.94. The van der Waals surface area contributed by atoms with Crippen LogP contribution < -0.4 is 14.8 Å². The number of nitrogens with zero attached hydrogens (tertiary/aromatic N) is 1. The number of nitrogens with one attached hydrogen (secondary N) is 1. The predicted molar refractivity (Wildman–Crippen MR) is 129 cm³/mol. The van der Waals surface area contributed by atoms with Crippen LogP contribution in [-0.2, 0) is 17.8 Å². The van der Waals surface area contributed by atoms with Gasteiger partial charge in [-0.25, -0.2) is 0 Å². The van der Waals surface area contributed by atoms with Crippen LogP contribution in [0, 0.1) is 12.8 Å². The summed E-state index contributed by atoms with van der Waals surface area (Å²) in [5.41, 5.74) is 5.05. The summed E-state index contributed by atoms with van der Waals surface area (Å²) >= 11 is 0. The number of carbonyl (C=O) groups excluding carboxylic acids is 1. The van der Waals surface area contributed by atoms with Crippen LogP contribution in [-0.4, -0.2) is 37.6 Å². The van der Waals surface area contributed by atoms with Crippen molar-refractivity contribution in [2.45, 2.75) is 65.6 Å². The molecule has 0 radical (unpaired) electrons. The molecule has 2 unspecified atom stereocenters. The maximum Gasteiger partial charge on any atom is 0.220 e. The van der Waals surface area contributed by atoms with E-state index in [1.807, 2.05) is 0 Å². The van der Waals surface area contributed by atoms with Gasteiger partial charge < -0.3 is 14.8 Å². The van der Waals surface area contributed by atoms with Crippen LogP contribution in [0.3, 0.4) is 0 Å². The Balaban J connectivity index is 2.00. The standard InChI is InChI=1S/C27H38N2O3/c1-7-23(28-26(30)13-18(2)3)27-22-16-25(32-6)24(31-5)15-21(22)11-12-29(27)17-20-10-8-9-19(4)14-20/h8-10,14-16,18,23,27H,7,11-13,17H2,1-6H3,(H,28,30). The summed E-state index contributed by atoms with van der Waals surface area (Å²) in [6.07, 6.45) is 2.33. The molecule has 1 amide bonds. The summed E-state index contributed by atoms with van der Waals surface area (Å²) in [5, 5.41) is 3.35. The number of ether oxygens (including phenoxy) is 2. The zero-order valence-electron chi connectivity index (χ0n) is 20.4. The highest BCUT2D eigenvalue weighted by Crippen LogP contribution is 2.40. The molecule has 2 aromatic rings. The third-order valence-electron chi connectivity index (χ3n) is 6.25. The van der Waals surface area contributed by atoms with E-state index in [0.717, 1.165) is 37.4 Å². The van der Waals surface area contributed by atoms with Crippen LogP contribution in [0.5, 0.6) is 11.5 Å². The molecule has 0 spiro atoms. The lowest BCUT2D eigenvalue weighted by Gasteiger charge is -2.42. The lowest BCUT2D eigenvalue weighted by atomic mass is 9.86. The van der Waals surface area contributed by atoms with Gasteiger partial charge in [0, 0.05) is 25.6 Å². The van der Waals surface area contributed by atoms with Gasteiger partial charge in [0.25, 0.3) is 0 Å². The minimum absolute atomic E-state index is 0.0169. The summed E-state index contributed by atoms with van der Waals surface area (Å²) in [7, 11) is 3.35. The normalized spacial score (nSPS) is 17.0. The van der Waals surface area contributed by atoms with Crippen molar-refractivity contribution in [1.82, 2.24) is 10.2 Å². The fourth-order valence-electron chi connectivity index (χ4n) is 4.76. The number of carbonyl (C=O) groups is 1. The Morgan fingerprint density at radius 2 is 1.88 bits per heavy atom. The van der Waals surface area contributed by atoms with Gasteiger partial charge in [-0.3, -0.25) is 9.69 Å². The topological polar surface area (TPSA) is 50.8 Å². The minimum atomic E-state index is 0.0169. The Kier molecular flexibility index (Phi) is 8.19. The second kappa shape index (κ2) is 10.9. The first-order valence-corrected chi connectivity index (χ1v) is 11.7. The highest BCUT2D eigenvalue weighted by atomic mass is 16.5. The molecule has 1 aliphatic heterocycles. The second-order valence-electron chi connectivity index (χ2n) is 9.24. The number of benzene rings is 2. The molecule has 1 aliphatic rings. The molecule has 2 atom stereocenters. The fourth-order valence-corrected chi connectivity index (χ4v) is 4.76. The van der Waals surface area contributed by atoms with Crippen molar-refractivity contribution in [3.8, 4) is 11.5 Å². The lowest BCUT2D eigenvalue weighted by molar-refractivity contribution is -0.123. The molecule has 2 aromatic carbocycles. The second-order valence-corrected chi connectivity index (χ2v) is 9.24. The van der Waals surface area contributed by atoms with Gasteiger partial charge in [0.15, 0.2) is 11.5 Å². The average molecular weight is 439 g/mol. The smallest absolute Gasteiger partial charge is 0.220 e. The molecule has 0 aromatic heterocycles. The molecule has 3 rings (SSSR count). The van der Waals surface area contributed by atoms with Gasteiger partial charge in [0.1, 0.15) is 0 Å². The monoisotopic (exact) mass is 438 g/mol. The Morgan fingerprint density at radius 3 is 2.50 bits per heavy atom. The van der Waals surface area contributed by atoms with E-state index in [9.17, 15) is 4.79 Å². The van der Waals surface area contributed by atoms with Crippen molar-refractivity contribution in [2.24, 2.45) is 5.92 Å². The van der Waals surface area contributed by atoms with Crippen LogP contribution in [0.2, 0.25) is 0 Å². The predicted octanol–water partition coefficient (Wildman–Crippen LogP) is 5.05. The van der Waals surface area contributed by atoms with E-state index in [1.54, 1.807) is 14.2 Å². The molecule has 0 fully saturated rings. The van der Waals surface area contributed by atoms with E-state index in [0.29, 0.717) is 12.3 Å². The molecule has 0 saturated carbocycles. The van der Waals surface area contributed by atoms with Crippen LogP contribution in [0.4, 0.5) is 0 Å². The Bertz CT molecular complexity index is 925. The van der Waals surface area contributed by atoms with E-state index in [-0.39, 0.29) is 18.0 Å². The van der Waals surface area contributed by atoms with Crippen molar-refractivity contribution in [3.63, 3.8) is 0 Å². The number of fused-ring (bicyclic) bond motifs is 1. The zero-order valence-corrected chi connectivity index (χ0v) is 20.4. The molecule has 0 bridgehead atoms. The van der Waals surface area contributed by atoms with Crippen molar-refractivity contribution in [3.05, 3.63) is 58.7 Å². The lowest BCUT2D eigenvalue weighted by Crippen LogP contribution is -2.48. The first-order chi connectivity index (χ1) is 15.4. The molecular formula is C27H38N2O3. The van der Waals surface area contributed by atoms with Gasteiger partial charge in [-0.05, 0) is 54.5 Å². The van der Waals surface area contributed by atoms with E-state index in [4.69, 9.17) is 9.47 Å². The number of aryl methyl sites for hydroxylation is 1. The van der Waals surface area contributed by atoms with Gasteiger partial charge >= 0.3 is 0 Å². The van der Waals surface area contributed by atoms with Gasteiger partial charge in [-0.15, -0.1) is 0 Å². The van der Waals surface area contributed by atoms with E-state index < -0.39 is 0 Å². The molecule has 32 heavy (non-hydrogen) atoms. The molecule has 0 aliphatic carbocycles. The minimum Gasteiger partial charge on any atom is -0.493 e. The van der Waals surface area contributed by atoms with Gasteiger partial charge in [0.2, 0.25) is 5.91 Å². The summed E-state index contributed by atoms with van der Waals surface area (Å²) in [6.45, 7) is 10.2. The average Bonchev–Trinajstić information content (AvgIpc) is 2.76. The molecule has 1 N–H and O–H groups in total. The number of methoxy groups -OCH3 is 2. The summed E-state index contributed by atoms with van der Waals surface area (Å²) in [4.78, 5) is 15.2. The maximum absolute atomic E-state index is 12.7. The number of hydrogen-bond acceptors (Lipinski definition) is 4. The Hall–Kier alpha value is -2.53. The molecule has 1 heterocycles. The van der Waals surface area contributed by atoms with Crippen molar-refractivity contribution < 1.29 is 14.3 Å². The molecule has 0 saturated heterocycles. The zero-order chi connectivity index (χ0) is 23.3. The number of rotatable bonds is 9. The largest absolute Gasteiger partial charge is 0.493 e. The maximum atomic E-state index is 12.7. The fraction of sp³-hybridized carbons (Fsp3) is 0.519. The molecular weight excluding hydrogens is 400 g/mol. The third kappa shape index (κ3) is 5.63. The molecule has 174 valence electrons. The highest BCUT2D eigenvalue weighted by Gasteiger charge is 2.35. The van der Waals surface area contributed by atoms with Crippen LogP contribution in [0.1, 0.15) is 61.9 Å². The van der Waals surface area contributed by atoms with Crippen LogP contribution >= 0.6 is 0 Å². The molecule has 5 nitrogen and oxygen atoms in total. The van der Waals surface area contributed by atoms with Gasteiger partial charge in [0.05, 0.1) is 20.3 Å². The van der Waals surface area contributed by atoms with E-state index in [2.05, 4.69) is 74.3 Å².